The second-order valence-electron chi connectivity index (χ2n) is 7.61. The number of likely N-dealkylation sites (N-methyl/N-ethyl adjacent to an activating group) is 1. The van der Waals surface area contributed by atoms with Crippen molar-refractivity contribution in [2.24, 2.45) is 0 Å². The topological polar surface area (TPSA) is 84.6 Å². The molecule has 28 heavy (non-hydrogen) atoms. The number of hydrogen-bond donors (Lipinski definition) is 1. The van der Waals surface area contributed by atoms with Crippen molar-refractivity contribution in [2.45, 2.75) is 39.8 Å². The fraction of sp³-hybridized carbons (Fsp3) is 0.476. The maximum absolute atomic E-state index is 12.6. The van der Waals surface area contributed by atoms with E-state index in [0.717, 1.165) is 29.8 Å². The van der Waals surface area contributed by atoms with Crippen LogP contribution in [0.5, 0.6) is 5.75 Å². The molecular formula is C21H29N5O2. The number of rotatable bonds is 6. The summed E-state index contributed by atoms with van der Waals surface area (Å²) in [6.07, 6.45) is 2.59. The molecule has 0 radical (unpaired) electrons. The average molecular weight is 383 g/mol. The molecule has 1 saturated heterocycles. The number of nitrogen functional groups attached to an aromatic ring is 1. The molecule has 150 valence electrons. The van der Waals surface area contributed by atoms with Crippen LogP contribution in [0.15, 0.2) is 24.4 Å². The third-order valence-corrected chi connectivity index (χ3v) is 5.20. The fourth-order valence-electron chi connectivity index (χ4n) is 3.79. The van der Waals surface area contributed by atoms with Gasteiger partial charge in [0.05, 0.1) is 6.54 Å². The molecule has 2 N–H and O–H groups in total. The Hall–Kier alpha value is -2.67. The Balaban J connectivity index is 1.52. The summed E-state index contributed by atoms with van der Waals surface area (Å²) < 4.78 is 5.86. The minimum absolute atomic E-state index is 0.0236. The smallest absolute Gasteiger partial charge is 0.260 e. The Morgan fingerprint density at radius 2 is 2.04 bits per heavy atom. The second kappa shape index (κ2) is 8.56. The van der Waals surface area contributed by atoms with E-state index in [-0.39, 0.29) is 18.6 Å². The molecule has 0 bridgehead atoms. The summed E-state index contributed by atoms with van der Waals surface area (Å²) >= 11 is 0. The van der Waals surface area contributed by atoms with Crippen LogP contribution >= 0.6 is 0 Å². The Bertz CT molecular complexity index is 831. The summed E-state index contributed by atoms with van der Waals surface area (Å²) in [6.45, 7) is 8.19. The van der Waals surface area contributed by atoms with E-state index in [0.29, 0.717) is 24.7 Å². The predicted octanol–water partition coefficient (Wildman–Crippen LogP) is 2.10. The van der Waals surface area contributed by atoms with Gasteiger partial charge in [0.2, 0.25) is 0 Å². The van der Waals surface area contributed by atoms with Crippen LogP contribution in [-0.2, 0) is 11.3 Å². The van der Waals surface area contributed by atoms with Gasteiger partial charge in [-0.25, -0.2) is 9.97 Å². The van der Waals surface area contributed by atoms with Crippen LogP contribution in [0, 0.1) is 20.8 Å². The van der Waals surface area contributed by atoms with E-state index in [9.17, 15) is 4.79 Å². The molecule has 3 rings (SSSR count). The lowest BCUT2D eigenvalue weighted by atomic mass is 10.1. The first kappa shape index (κ1) is 20.1. The van der Waals surface area contributed by atoms with Crippen molar-refractivity contribution in [3.8, 4) is 5.75 Å². The number of hydrogen-bond acceptors (Lipinski definition) is 6. The van der Waals surface area contributed by atoms with Crippen molar-refractivity contribution in [3.05, 3.63) is 46.9 Å². The van der Waals surface area contributed by atoms with Crippen molar-refractivity contribution in [3.63, 3.8) is 0 Å². The molecular weight excluding hydrogens is 354 g/mol. The van der Waals surface area contributed by atoms with Gasteiger partial charge in [0.25, 0.3) is 5.91 Å². The van der Waals surface area contributed by atoms with Crippen LogP contribution in [-0.4, -0.2) is 58.5 Å². The first-order chi connectivity index (χ1) is 13.3. The lowest BCUT2D eigenvalue weighted by Gasteiger charge is -2.24. The number of aromatic nitrogens is 2. The van der Waals surface area contributed by atoms with Crippen molar-refractivity contribution < 1.29 is 9.53 Å². The van der Waals surface area contributed by atoms with Gasteiger partial charge in [-0.05, 0) is 51.4 Å². The van der Waals surface area contributed by atoms with E-state index in [1.165, 1.54) is 5.56 Å². The monoisotopic (exact) mass is 383 g/mol. The molecule has 0 saturated carbocycles. The molecule has 2 heterocycles. The van der Waals surface area contributed by atoms with E-state index < -0.39 is 0 Å². The number of likely N-dealkylation sites (tertiary alicyclic amines) is 1. The molecule has 7 heteroatoms. The zero-order valence-electron chi connectivity index (χ0n) is 17.1. The number of aryl methyl sites for hydroxylation is 3. The molecule has 0 unspecified atom stereocenters. The normalized spacial score (nSPS) is 16.6. The van der Waals surface area contributed by atoms with Crippen molar-refractivity contribution >= 4 is 11.7 Å². The number of nitrogens with two attached hydrogens (primary N) is 1. The van der Waals surface area contributed by atoms with E-state index in [1.54, 1.807) is 12.3 Å². The van der Waals surface area contributed by atoms with E-state index in [4.69, 9.17) is 10.5 Å². The van der Waals surface area contributed by atoms with Gasteiger partial charge in [0.1, 0.15) is 17.4 Å². The van der Waals surface area contributed by atoms with Gasteiger partial charge in [0, 0.05) is 25.3 Å². The number of benzene rings is 1. The van der Waals surface area contributed by atoms with Gasteiger partial charge in [-0.1, -0.05) is 17.7 Å². The highest BCUT2D eigenvalue weighted by atomic mass is 16.5. The molecule has 1 amide bonds. The number of anilines is 1. The van der Waals surface area contributed by atoms with Gasteiger partial charge >= 0.3 is 0 Å². The van der Waals surface area contributed by atoms with Crippen molar-refractivity contribution in [1.29, 1.82) is 0 Å². The molecule has 2 aromatic rings. The molecule has 0 aliphatic carbocycles. The summed E-state index contributed by atoms with van der Waals surface area (Å²) in [4.78, 5) is 25.2. The Morgan fingerprint density at radius 3 is 2.71 bits per heavy atom. The lowest BCUT2D eigenvalue weighted by Crippen LogP contribution is -2.38. The molecule has 7 nitrogen and oxygen atoms in total. The SMILES string of the molecule is Cc1cc(C)c(OCC(=O)N2CC[C@H](N(C)Cc3nccc(N)n3)C2)c(C)c1. The zero-order chi connectivity index (χ0) is 20.3. The van der Waals surface area contributed by atoms with Crippen LogP contribution in [0.25, 0.3) is 0 Å². The van der Waals surface area contributed by atoms with Crippen LogP contribution in [0.4, 0.5) is 5.82 Å². The van der Waals surface area contributed by atoms with Gasteiger partial charge in [-0.3, -0.25) is 9.69 Å². The van der Waals surface area contributed by atoms with Crippen LogP contribution in [0.1, 0.15) is 28.9 Å². The van der Waals surface area contributed by atoms with E-state index in [2.05, 4.69) is 33.9 Å². The summed E-state index contributed by atoms with van der Waals surface area (Å²) in [7, 11) is 2.03. The first-order valence-corrected chi connectivity index (χ1v) is 9.59. The number of ether oxygens (including phenoxy) is 1. The molecule has 1 fully saturated rings. The maximum atomic E-state index is 12.6. The average Bonchev–Trinajstić information content (AvgIpc) is 3.11. The highest BCUT2D eigenvalue weighted by Crippen LogP contribution is 2.25. The maximum Gasteiger partial charge on any atom is 0.260 e. The third kappa shape index (κ3) is 4.78. The quantitative estimate of drug-likeness (QED) is 0.822. The second-order valence-corrected chi connectivity index (χ2v) is 7.61. The van der Waals surface area contributed by atoms with Crippen LogP contribution in [0.2, 0.25) is 0 Å². The fourth-order valence-corrected chi connectivity index (χ4v) is 3.79. The van der Waals surface area contributed by atoms with E-state index >= 15 is 0 Å². The van der Waals surface area contributed by atoms with Crippen LogP contribution < -0.4 is 10.5 Å². The van der Waals surface area contributed by atoms with Crippen LogP contribution in [0.3, 0.4) is 0 Å². The summed E-state index contributed by atoms with van der Waals surface area (Å²) in [5.41, 5.74) is 9.04. The van der Waals surface area contributed by atoms with E-state index in [1.807, 2.05) is 25.8 Å². The zero-order valence-corrected chi connectivity index (χ0v) is 17.1. The highest BCUT2D eigenvalue weighted by molar-refractivity contribution is 5.78. The Kier molecular flexibility index (Phi) is 6.14. The predicted molar refractivity (Wildman–Crippen MR) is 109 cm³/mol. The third-order valence-electron chi connectivity index (χ3n) is 5.20. The largest absolute Gasteiger partial charge is 0.483 e. The van der Waals surface area contributed by atoms with Crippen molar-refractivity contribution in [2.75, 3.05) is 32.5 Å². The molecule has 1 aliphatic heterocycles. The lowest BCUT2D eigenvalue weighted by molar-refractivity contribution is -0.132. The Labute approximate surface area is 166 Å². The van der Waals surface area contributed by atoms with Crippen molar-refractivity contribution in [1.82, 2.24) is 19.8 Å². The van der Waals surface area contributed by atoms with Gasteiger partial charge < -0.3 is 15.4 Å². The number of carbonyl (C=O) groups is 1. The van der Waals surface area contributed by atoms with Gasteiger partial charge in [-0.15, -0.1) is 0 Å². The first-order valence-electron chi connectivity index (χ1n) is 9.59. The number of nitrogens with zero attached hydrogens (tertiary/aromatic N) is 4. The highest BCUT2D eigenvalue weighted by Gasteiger charge is 2.29. The summed E-state index contributed by atoms with van der Waals surface area (Å²) in [5.74, 6) is 2.00. The van der Waals surface area contributed by atoms with Gasteiger partial charge in [-0.2, -0.15) is 0 Å². The molecule has 1 atom stereocenters. The minimum atomic E-state index is 0.0236. The minimum Gasteiger partial charge on any atom is -0.483 e. The van der Waals surface area contributed by atoms with Gasteiger partial charge in [0.15, 0.2) is 6.61 Å². The number of amides is 1. The number of carbonyl (C=O) groups excluding carboxylic acids is 1. The summed E-state index contributed by atoms with van der Waals surface area (Å²) in [5, 5.41) is 0. The molecule has 1 aliphatic rings. The molecule has 0 spiro atoms. The Morgan fingerprint density at radius 1 is 1.32 bits per heavy atom. The summed E-state index contributed by atoms with van der Waals surface area (Å²) in [6, 6.07) is 6.10. The molecule has 1 aromatic heterocycles. The standard InChI is InChI=1S/C21H29N5O2/c1-14-9-15(2)21(16(3)10-14)28-13-20(27)26-8-6-17(11-26)25(4)12-19-23-7-5-18(22)24-19/h5,7,9-10,17H,6,8,11-13H2,1-4H3,(H2,22,23,24)/t17-/m0/s1. The molecule has 1 aromatic carbocycles.